The molecule has 1 heterocycles. The van der Waals surface area contributed by atoms with E-state index in [1.807, 2.05) is 29.2 Å². The summed E-state index contributed by atoms with van der Waals surface area (Å²) in [7, 11) is 0. The van der Waals surface area contributed by atoms with E-state index >= 15 is 0 Å². The first-order chi connectivity index (χ1) is 8.67. The lowest BCUT2D eigenvalue weighted by atomic mass is 10.2. The van der Waals surface area contributed by atoms with E-state index in [9.17, 15) is 9.90 Å². The summed E-state index contributed by atoms with van der Waals surface area (Å²) < 4.78 is 0. The van der Waals surface area contributed by atoms with Crippen LogP contribution in [0.2, 0.25) is 0 Å². The lowest BCUT2D eigenvalue weighted by Crippen LogP contribution is -2.32. The summed E-state index contributed by atoms with van der Waals surface area (Å²) in [6.07, 6.45) is 0.453. The number of nitrogens with two attached hydrogens (primary N) is 1. The predicted octanol–water partition coefficient (Wildman–Crippen LogP) is 0.150. The Bertz CT molecular complexity index is 422. The first-order valence-electron chi connectivity index (χ1n) is 6.16. The number of nitrogens with one attached hydrogen (secondary N) is 1. The van der Waals surface area contributed by atoms with E-state index in [0.29, 0.717) is 19.6 Å². The Labute approximate surface area is 107 Å². The van der Waals surface area contributed by atoms with Gasteiger partial charge in [-0.25, -0.2) is 0 Å². The van der Waals surface area contributed by atoms with E-state index < -0.39 is 0 Å². The molecule has 98 valence electrons. The number of carbonyl (C=O) groups is 1. The molecule has 0 spiro atoms. The van der Waals surface area contributed by atoms with E-state index in [2.05, 4.69) is 5.32 Å². The fourth-order valence-corrected chi connectivity index (χ4v) is 2.14. The first-order valence-corrected chi connectivity index (χ1v) is 6.16. The van der Waals surface area contributed by atoms with Gasteiger partial charge in [-0.1, -0.05) is 12.1 Å². The molecule has 1 amide bonds. The van der Waals surface area contributed by atoms with Crippen molar-refractivity contribution in [2.45, 2.75) is 19.1 Å². The van der Waals surface area contributed by atoms with Crippen molar-refractivity contribution < 1.29 is 9.90 Å². The molecule has 1 aromatic rings. The van der Waals surface area contributed by atoms with Crippen molar-refractivity contribution >= 4 is 11.6 Å². The highest BCUT2D eigenvalue weighted by Gasteiger charge is 2.21. The molecule has 0 radical (unpaired) electrons. The minimum atomic E-state index is -0.293. The highest BCUT2D eigenvalue weighted by molar-refractivity contribution is 5.92. The van der Waals surface area contributed by atoms with Crippen LogP contribution in [-0.4, -0.2) is 41.7 Å². The maximum absolute atomic E-state index is 11.8. The van der Waals surface area contributed by atoms with Gasteiger partial charge in [0.15, 0.2) is 0 Å². The lowest BCUT2D eigenvalue weighted by molar-refractivity contribution is -0.117. The molecule has 1 aliphatic rings. The van der Waals surface area contributed by atoms with Crippen molar-refractivity contribution in [1.82, 2.24) is 4.90 Å². The summed E-state index contributed by atoms with van der Waals surface area (Å²) in [6.45, 7) is 2.14. The van der Waals surface area contributed by atoms with Crippen LogP contribution in [0.25, 0.3) is 0 Å². The largest absolute Gasteiger partial charge is 0.392 e. The number of anilines is 1. The monoisotopic (exact) mass is 249 g/mol. The van der Waals surface area contributed by atoms with E-state index in [4.69, 9.17) is 5.73 Å². The first kappa shape index (κ1) is 13.0. The highest BCUT2D eigenvalue weighted by atomic mass is 16.3. The van der Waals surface area contributed by atoms with Crippen LogP contribution in [0.1, 0.15) is 12.0 Å². The standard InChI is InChI=1S/C13H19N3O2/c14-7-10-2-1-3-11(6-10)15-13(18)9-16-5-4-12(17)8-16/h1-3,6,12,17H,4-5,7-9,14H2,(H,15,18). The van der Waals surface area contributed by atoms with E-state index in [0.717, 1.165) is 24.2 Å². The Morgan fingerprint density at radius 1 is 1.56 bits per heavy atom. The zero-order valence-corrected chi connectivity index (χ0v) is 10.3. The molecular formula is C13H19N3O2. The van der Waals surface area contributed by atoms with E-state index in [1.165, 1.54) is 0 Å². The molecule has 1 unspecified atom stereocenters. The van der Waals surface area contributed by atoms with Crippen molar-refractivity contribution in [3.63, 3.8) is 0 Å². The molecule has 0 saturated carbocycles. The number of hydrogen-bond acceptors (Lipinski definition) is 4. The molecule has 2 rings (SSSR count). The van der Waals surface area contributed by atoms with Gasteiger partial charge in [0, 0.05) is 25.3 Å². The molecule has 0 aromatic heterocycles. The summed E-state index contributed by atoms with van der Waals surface area (Å²) in [5.41, 5.74) is 7.30. The van der Waals surface area contributed by atoms with Crippen LogP contribution in [0.5, 0.6) is 0 Å². The van der Waals surface area contributed by atoms with E-state index in [1.54, 1.807) is 0 Å². The fourth-order valence-electron chi connectivity index (χ4n) is 2.14. The van der Waals surface area contributed by atoms with Crippen molar-refractivity contribution in [1.29, 1.82) is 0 Å². The molecule has 1 aliphatic heterocycles. The number of aliphatic hydroxyl groups is 1. The molecule has 4 N–H and O–H groups in total. The van der Waals surface area contributed by atoms with Gasteiger partial charge in [-0.15, -0.1) is 0 Å². The van der Waals surface area contributed by atoms with Gasteiger partial charge in [0.25, 0.3) is 0 Å². The van der Waals surface area contributed by atoms with Gasteiger partial charge in [-0.2, -0.15) is 0 Å². The molecule has 1 aromatic carbocycles. The third-order valence-electron chi connectivity index (χ3n) is 3.06. The van der Waals surface area contributed by atoms with Gasteiger partial charge in [-0.3, -0.25) is 9.69 Å². The number of amides is 1. The quantitative estimate of drug-likeness (QED) is 0.710. The molecule has 1 atom stereocenters. The molecule has 1 fully saturated rings. The Kier molecular flexibility index (Phi) is 4.30. The second-order valence-electron chi connectivity index (χ2n) is 4.63. The van der Waals surface area contributed by atoms with Crippen molar-refractivity contribution in [3.8, 4) is 0 Å². The zero-order valence-electron chi connectivity index (χ0n) is 10.3. The Morgan fingerprint density at radius 2 is 2.39 bits per heavy atom. The summed E-state index contributed by atoms with van der Waals surface area (Å²) in [5, 5.41) is 12.2. The number of benzene rings is 1. The summed E-state index contributed by atoms with van der Waals surface area (Å²) >= 11 is 0. The predicted molar refractivity (Wildman–Crippen MR) is 70.0 cm³/mol. The topological polar surface area (TPSA) is 78.6 Å². The smallest absolute Gasteiger partial charge is 0.238 e. The van der Waals surface area contributed by atoms with Gasteiger partial charge in [0.05, 0.1) is 12.6 Å². The van der Waals surface area contributed by atoms with Crippen molar-refractivity contribution in [3.05, 3.63) is 29.8 Å². The normalized spacial score (nSPS) is 20.0. The maximum Gasteiger partial charge on any atom is 0.238 e. The molecule has 18 heavy (non-hydrogen) atoms. The van der Waals surface area contributed by atoms with Crippen LogP contribution in [0.15, 0.2) is 24.3 Å². The number of rotatable bonds is 4. The summed E-state index contributed by atoms with van der Waals surface area (Å²) in [4.78, 5) is 13.8. The van der Waals surface area contributed by atoms with Crippen LogP contribution in [0, 0.1) is 0 Å². The average molecular weight is 249 g/mol. The Morgan fingerprint density at radius 3 is 3.06 bits per heavy atom. The Hall–Kier alpha value is -1.43. The van der Waals surface area contributed by atoms with Gasteiger partial charge in [-0.05, 0) is 24.1 Å². The van der Waals surface area contributed by atoms with Gasteiger partial charge in [0.2, 0.25) is 5.91 Å². The van der Waals surface area contributed by atoms with Crippen LogP contribution in [0.3, 0.4) is 0 Å². The molecule has 1 saturated heterocycles. The molecule has 0 aliphatic carbocycles. The third-order valence-corrected chi connectivity index (χ3v) is 3.06. The SMILES string of the molecule is NCc1cccc(NC(=O)CN2CCC(O)C2)c1. The molecule has 5 heteroatoms. The number of aliphatic hydroxyl groups excluding tert-OH is 1. The number of nitrogens with zero attached hydrogens (tertiary/aromatic N) is 1. The van der Waals surface area contributed by atoms with Crippen LogP contribution < -0.4 is 11.1 Å². The Balaban J connectivity index is 1.86. The number of likely N-dealkylation sites (tertiary alicyclic amines) is 1. The summed E-state index contributed by atoms with van der Waals surface area (Å²) in [6, 6.07) is 7.51. The van der Waals surface area contributed by atoms with Gasteiger partial charge in [0.1, 0.15) is 0 Å². The second-order valence-corrected chi connectivity index (χ2v) is 4.63. The van der Waals surface area contributed by atoms with E-state index in [-0.39, 0.29) is 12.0 Å². The average Bonchev–Trinajstić information content (AvgIpc) is 2.74. The molecule has 0 bridgehead atoms. The number of β-amino-alcohol motifs (C(OH)–C–C–N with tert-alkyl or cyclic N) is 1. The van der Waals surface area contributed by atoms with Gasteiger partial charge < -0.3 is 16.2 Å². The summed E-state index contributed by atoms with van der Waals surface area (Å²) in [5.74, 6) is -0.0572. The minimum absolute atomic E-state index is 0.0572. The van der Waals surface area contributed by atoms with Crippen LogP contribution in [0.4, 0.5) is 5.69 Å². The van der Waals surface area contributed by atoms with Gasteiger partial charge >= 0.3 is 0 Å². The number of hydrogen-bond donors (Lipinski definition) is 3. The maximum atomic E-state index is 11.8. The second kappa shape index (κ2) is 5.95. The van der Waals surface area contributed by atoms with Crippen molar-refractivity contribution in [2.24, 2.45) is 5.73 Å². The fraction of sp³-hybridized carbons (Fsp3) is 0.462. The number of carbonyl (C=O) groups excluding carboxylic acids is 1. The van der Waals surface area contributed by atoms with Crippen LogP contribution in [-0.2, 0) is 11.3 Å². The van der Waals surface area contributed by atoms with Crippen molar-refractivity contribution in [2.75, 3.05) is 25.0 Å². The molecule has 5 nitrogen and oxygen atoms in total. The zero-order chi connectivity index (χ0) is 13.0. The lowest BCUT2D eigenvalue weighted by Gasteiger charge is -2.14. The highest BCUT2D eigenvalue weighted by Crippen LogP contribution is 2.11. The third kappa shape index (κ3) is 3.53. The van der Waals surface area contributed by atoms with Crippen LogP contribution >= 0.6 is 0 Å². The molecular weight excluding hydrogens is 230 g/mol. The minimum Gasteiger partial charge on any atom is -0.392 e.